The Hall–Kier alpha value is -0.100. The highest BCUT2D eigenvalue weighted by Crippen LogP contribution is 2.33. The van der Waals surface area contributed by atoms with E-state index in [1.54, 1.807) is 0 Å². The normalized spacial score (nSPS) is 19.1. The van der Waals surface area contributed by atoms with Crippen LogP contribution in [0, 0.1) is 5.92 Å². The summed E-state index contributed by atoms with van der Waals surface area (Å²) in [6.45, 7) is 6.28. The molecule has 1 fully saturated rings. The standard InChI is InChI=1S/C15H21Br2NO2/c1-2-20-15-12(6-13(16)7-14(15)17)9-18-8-11-4-3-5-19-10-11/h6-7,11,18H,2-5,8-10H2,1H3. The first-order valence-electron chi connectivity index (χ1n) is 7.10. The van der Waals surface area contributed by atoms with Crippen molar-refractivity contribution in [2.75, 3.05) is 26.4 Å². The molecule has 0 aliphatic carbocycles. The Labute approximate surface area is 137 Å². The molecule has 112 valence electrons. The molecular weight excluding hydrogens is 386 g/mol. The van der Waals surface area contributed by atoms with Gasteiger partial charge in [-0.05, 0) is 53.7 Å². The minimum absolute atomic E-state index is 0.634. The second kappa shape index (κ2) is 8.37. The number of hydrogen-bond acceptors (Lipinski definition) is 3. The van der Waals surface area contributed by atoms with Crippen molar-refractivity contribution < 1.29 is 9.47 Å². The Morgan fingerprint density at radius 1 is 1.40 bits per heavy atom. The van der Waals surface area contributed by atoms with Crippen LogP contribution < -0.4 is 10.1 Å². The van der Waals surface area contributed by atoms with Crippen LogP contribution in [-0.4, -0.2) is 26.4 Å². The molecule has 1 aliphatic rings. The Balaban J connectivity index is 1.93. The van der Waals surface area contributed by atoms with Crippen LogP contribution in [0.4, 0.5) is 0 Å². The monoisotopic (exact) mass is 405 g/mol. The molecule has 3 nitrogen and oxygen atoms in total. The zero-order valence-corrected chi connectivity index (χ0v) is 14.9. The third-order valence-electron chi connectivity index (χ3n) is 3.38. The van der Waals surface area contributed by atoms with E-state index >= 15 is 0 Å². The van der Waals surface area contributed by atoms with Crippen LogP contribution in [0.3, 0.4) is 0 Å². The number of benzene rings is 1. The Morgan fingerprint density at radius 2 is 2.25 bits per heavy atom. The molecule has 0 bridgehead atoms. The van der Waals surface area contributed by atoms with Gasteiger partial charge in [0.2, 0.25) is 0 Å². The first-order chi connectivity index (χ1) is 9.70. The number of halogens is 2. The Bertz CT molecular complexity index is 434. The van der Waals surface area contributed by atoms with Crippen molar-refractivity contribution in [2.24, 2.45) is 5.92 Å². The van der Waals surface area contributed by atoms with Crippen LogP contribution in [0.5, 0.6) is 5.75 Å². The summed E-state index contributed by atoms with van der Waals surface area (Å²) in [6.07, 6.45) is 2.44. The molecule has 5 heteroatoms. The summed E-state index contributed by atoms with van der Waals surface area (Å²) < 4.78 is 13.3. The van der Waals surface area contributed by atoms with Gasteiger partial charge in [0.15, 0.2) is 0 Å². The molecule has 0 amide bonds. The summed E-state index contributed by atoms with van der Waals surface area (Å²) in [7, 11) is 0. The van der Waals surface area contributed by atoms with Crippen molar-refractivity contribution in [3.8, 4) is 5.75 Å². The first kappa shape index (κ1) is 16.3. The fourth-order valence-electron chi connectivity index (χ4n) is 2.43. The summed E-state index contributed by atoms with van der Waals surface area (Å²) in [5.74, 6) is 1.57. The van der Waals surface area contributed by atoms with Crippen LogP contribution in [-0.2, 0) is 11.3 Å². The molecule has 1 aromatic carbocycles. The molecule has 0 saturated carbocycles. The van der Waals surface area contributed by atoms with Crippen LogP contribution in [0.1, 0.15) is 25.3 Å². The molecule has 0 radical (unpaired) electrons. The minimum Gasteiger partial charge on any atom is -0.492 e. The van der Waals surface area contributed by atoms with E-state index in [9.17, 15) is 0 Å². The van der Waals surface area contributed by atoms with Gasteiger partial charge in [-0.2, -0.15) is 0 Å². The molecule has 2 rings (SSSR count). The van der Waals surface area contributed by atoms with Gasteiger partial charge in [0.1, 0.15) is 5.75 Å². The zero-order chi connectivity index (χ0) is 14.4. The van der Waals surface area contributed by atoms with E-state index < -0.39 is 0 Å². The lowest BCUT2D eigenvalue weighted by atomic mass is 10.0. The summed E-state index contributed by atoms with van der Waals surface area (Å²) in [5.41, 5.74) is 1.17. The highest BCUT2D eigenvalue weighted by atomic mass is 79.9. The second-order valence-electron chi connectivity index (χ2n) is 5.02. The van der Waals surface area contributed by atoms with Gasteiger partial charge in [0, 0.05) is 29.7 Å². The molecule has 20 heavy (non-hydrogen) atoms. The fourth-order valence-corrected chi connectivity index (χ4v) is 3.86. The lowest BCUT2D eigenvalue weighted by Crippen LogP contribution is -2.29. The first-order valence-corrected chi connectivity index (χ1v) is 8.68. The van der Waals surface area contributed by atoms with Gasteiger partial charge < -0.3 is 14.8 Å². The molecule has 1 saturated heterocycles. The minimum atomic E-state index is 0.634. The maximum atomic E-state index is 5.73. The van der Waals surface area contributed by atoms with Gasteiger partial charge in [-0.25, -0.2) is 0 Å². The van der Waals surface area contributed by atoms with E-state index in [0.29, 0.717) is 12.5 Å². The predicted octanol–water partition coefficient (Wildman–Crippen LogP) is 4.13. The van der Waals surface area contributed by atoms with Crippen molar-refractivity contribution in [1.82, 2.24) is 5.32 Å². The van der Waals surface area contributed by atoms with Crippen molar-refractivity contribution in [3.05, 3.63) is 26.6 Å². The van der Waals surface area contributed by atoms with Crippen molar-refractivity contribution in [1.29, 1.82) is 0 Å². The van der Waals surface area contributed by atoms with Gasteiger partial charge in [0.05, 0.1) is 17.7 Å². The van der Waals surface area contributed by atoms with Crippen molar-refractivity contribution in [2.45, 2.75) is 26.3 Å². The lowest BCUT2D eigenvalue weighted by Gasteiger charge is -2.22. The van der Waals surface area contributed by atoms with Crippen molar-refractivity contribution in [3.63, 3.8) is 0 Å². The van der Waals surface area contributed by atoms with Gasteiger partial charge >= 0.3 is 0 Å². The van der Waals surface area contributed by atoms with Crippen LogP contribution in [0.25, 0.3) is 0 Å². The Morgan fingerprint density at radius 3 is 2.95 bits per heavy atom. The maximum Gasteiger partial charge on any atom is 0.138 e. The molecule has 1 atom stereocenters. The topological polar surface area (TPSA) is 30.5 Å². The molecule has 0 spiro atoms. The summed E-state index contributed by atoms with van der Waals surface area (Å²) in [4.78, 5) is 0. The van der Waals surface area contributed by atoms with E-state index in [-0.39, 0.29) is 0 Å². The van der Waals surface area contributed by atoms with Crippen LogP contribution >= 0.6 is 31.9 Å². The van der Waals surface area contributed by atoms with Crippen LogP contribution in [0.15, 0.2) is 21.1 Å². The van der Waals surface area contributed by atoms with E-state index in [4.69, 9.17) is 9.47 Å². The number of ether oxygens (including phenoxy) is 2. The van der Waals surface area contributed by atoms with Crippen molar-refractivity contribution >= 4 is 31.9 Å². The zero-order valence-electron chi connectivity index (χ0n) is 11.8. The SMILES string of the molecule is CCOc1c(Br)cc(Br)cc1CNCC1CCCOC1. The molecular formula is C15H21Br2NO2. The molecule has 1 N–H and O–H groups in total. The molecule has 1 aromatic rings. The van der Waals surface area contributed by atoms with E-state index in [0.717, 1.165) is 41.0 Å². The average Bonchev–Trinajstić information content (AvgIpc) is 2.43. The summed E-state index contributed by atoms with van der Waals surface area (Å²) >= 11 is 7.10. The second-order valence-corrected chi connectivity index (χ2v) is 6.79. The average molecular weight is 407 g/mol. The third-order valence-corrected chi connectivity index (χ3v) is 4.42. The van der Waals surface area contributed by atoms with Crippen LogP contribution in [0.2, 0.25) is 0 Å². The molecule has 1 heterocycles. The fraction of sp³-hybridized carbons (Fsp3) is 0.600. The summed E-state index contributed by atoms with van der Waals surface area (Å²) in [5, 5.41) is 3.52. The number of hydrogen-bond donors (Lipinski definition) is 1. The maximum absolute atomic E-state index is 5.73. The van der Waals surface area contributed by atoms with Gasteiger partial charge in [-0.15, -0.1) is 0 Å². The Kier molecular flexibility index (Phi) is 6.81. The quantitative estimate of drug-likeness (QED) is 0.770. The lowest BCUT2D eigenvalue weighted by molar-refractivity contribution is 0.0547. The largest absolute Gasteiger partial charge is 0.492 e. The molecule has 1 aliphatic heterocycles. The van der Waals surface area contributed by atoms with Gasteiger partial charge in [-0.3, -0.25) is 0 Å². The smallest absolute Gasteiger partial charge is 0.138 e. The highest BCUT2D eigenvalue weighted by Gasteiger charge is 2.14. The van der Waals surface area contributed by atoms with Gasteiger partial charge in [0.25, 0.3) is 0 Å². The molecule has 1 unspecified atom stereocenters. The highest BCUT2D eigenvalue weighted by molar-refractivity contribution is 9.11. The van der Waals surface area contributed by atoms with Gasteiger partial charge in [-0.1, -0.05) is 15.9 Å². The number of rotatable bonds is 6. The number of nitrogens with one attached hydrogen (secondary N) is 1. The van der Waals surface area contributed by atoms with E-state index in [1.165, 1.54) is 18.4 Å². The van der Waals surface area contributed by atoms with E-state index in [1.807, 2.05) is 13.0 Å². The third kappa shape index (κ3) is 4.72. The molecule has 0 aromatic heterocycles. The summed E-state index contributed by atoms with van der Waals surface area (Å²) in [6, 6.07) is 4.13. The predicted molar refractivity (Wildman–Crippen MR) is 88.3 cm³/mol. The van der Waals surface area contributed by atoms with E-state index in [2.05, 4.69) is 43.2 Å².